The summed E-state index contributed by atoms with van der Waals surface area (Å²) in [5.41, 5.74) is 7.31. The van der Waals surface area contributed by atoms with E-state index in [9.17, 15) is 0 Å². The number of aromatic nitrogens is 2. The molecule has 2 aromatic heterocycles. The highest BCUT2D eigenvalue weighted by atomic mass is 32.1. The largest absolute Gasteiger partial charge is 0.379 e. The average molecular weight is 294 g/mol. The minimum absolute atomic E-state index is 0.231. The zero-order valence-electron chi connectivity index (χ0n) is 11.4. The lowest BCUT2D eigenvalue weighted by Crippen LogP contribution is -2.40. The number of morpholine rings is 1. The molecule has 2 aromatic rings. The molecular formula is C13H18N4O2S. The molecule has 2 N–H and O–H groups in total. The van der Waals surface area contributed by atoms with Gasteiger partial charge in [-0.1, -0.05) is 5.16 Å². The Labute approximate surface area is 121 Å². The average Bonchev–Trinajstić information content (AvgIpc) is 3.08. The molecule has 1 unspecified atom stereocenters. The molecule has 20 heavy (non-hydrogen) atoms. The normalized spacial score (nSPS) is 18.3. The molecule has 1 saturated heterocycles. The lowest BCUT2D eigenvalue weighted by molar-refractivity contribution is 0.0348. The van der Waals surface area contributed by atoms with Gasteiger partial charge in [0.05, 0.1) is 24.1 Å². The van der Waals surface area contributed by atoms with Crippen LogP contribution in [0, 0.1) is 6.92 Å². The van der Waals surface area contributed by atoms with Gasteiger partial charge in [-0.25, -0.2) is 0 Å². The van der Waals surface area contributed by atoms with Crippen LogP contribution in [0.5, 0.6) is 0 Å². The van der Waals surface area contributed by atoms with Crippen molar-refractivity contribution in [2.75, 3.05) is 32.8 Å². The van der Waals surface area contributed by atoms with Crippen LogP contribution in [0.2, 0.25) is 0 Å². The predicted molar refractivity (Wildman–Crippen MR) is 76.5 cm³/mol. The molecule has 6 nitrogen and oxygen atoms in total. The molecule has 0 aliphatic carbocycles. The zero-order chi connectivity index (χ0) is 13.9. The van der Waals surface area contributed by atoms with Gasteiger partial charge < -0.3 is 15.0 Å². The maximum Gasteiger partial charge on any atom is 0.268 e. The van der Waals surface area contributed by atoms with Crippen molar-refractivity contribution in [3.8, 4) is 10.8 Å². The number of hydrogen-bond donors (Lipinski definition) is 1. The van der Waals surface area contributed by atoms with E-state index in [0.717, 1.165) is 43.3 Å². The van der Waals surface area contributed by atoms with Gasteiger partial charge in [-0.05, 0) is 23.9 Å². The summed E-state index contributed by atoms with van der Waals surface area (Å²) in [6.07, 6.45) is 0. The molecule has 0 bridgehead atoms. The zero-order valence-corrected chi connectivity index (χ0v) is 12.2. The van der Waals surface area contributed by atoms with Gasteiger partial charge in [0.15, 0.2) is 5.82 Å². The highest BCUT2D eigenvalue weighted by Gasteiger charge is 2.20. The Hall–Kier alpha value is -1.28. The van der Waals surface area contributed by atoms with Crippen LogP contribution in [-0.4, -0.2) is 47.9 Å². The van der Waals surface area contributed by atoms with Crippen molar-refractivity contribution in [1.29, 1.82) is 0 Å². The van der Waals surface area contributed by atoms with Crippen molar-refractivity contribution in [3.05, 3.63) is 22.8 Å². The third kappa shape index (κ3) is 2.90. The Morgan fingerprint density at radius 3 is 2.95 bits per heavy atom. The summed E-state index contributed by atoms with van der Waals surface area (Å²) in [5, 5.41) is 6.03. The van der Waals surface area contributed by atoms with E-state index in [0.29, 0.717) is 11.7 Å². The third-order valence-corrected chi connectivity index (χ3v) is 4.39. The van der Waals surface area contributed by atoms with Gasteiger partial charge >= 0.3 is 0 Å². The molecule has 0 amide bonds. The monoisotopic (exact) mass is 294 g/mol. The summed E-state index contributed by atoms with van der Waals surface area (Å²) in [4.78, 5) is 7.71. The molecule has 1 atom stereocenters. The standard InChI is InChI=1S/C13H18N4O2S/c1-9-2-7-20-11(9)13-15-12(16-19-13)10(14)8-17-3-5-18-6-4-17/h2,7,10H,3-6,8,14H2,1H3. The highest BCUT2D eigenvalue weighted by Crippen LogP contribution is 2.28. The summed E-state index contributed by atoms with van der Waals surface area (Å²) >= 11 is 1.60. The molecule has 1 aliphatic rings. The number of nitrogens with two attached hydrogens (primary N) is 1. The smallest absolute Gasteiger partial charge is 0.268 e. The first kappa shape index (κ1) is 13.7. The van der Waals surface area contributed by atoms with Crippen molar-refractivity contribution in [2.45, 2.75) is 13.0 Å². The fraction of sp³-hybridized carbons (Fsp3) is 0.538. The SMILES string of the molecule is Cc1ccsc1-c1nc(C(N)CN2CCOCC2)no1. The van der Waals surface area contributed by atoms with Crippen LogP contribution in [0.15, 0.2) is 16.0 Å². The molecule has 0 saturated carbocycles. The van der Waals surface area contributed by atoms with Crippen LogP contribution in [0.4, 0.5) is 0 Å². The summed E-state index contributed by atoms with van der Waals surface area (Å²) in [5.74, 6) is 1.13. The molecule has 1 fully saturated rings. The van der Waals surface area contributed by atoms with Crippen LogP contribution >= 0.6 is 11.3 Å². The van der Waals surface area contributed by atoms with Gasteiger partial charge in [0.1, 0.15) is 0 Å². The lowest BCUT2D eigenvalue weighted by Gasteiger charge is -2.27. The second-order valence-corrected chi connectivity index (χ2v) is 5.83. The number of aryl methyl sites for hydroxylation is 1. The minimum atomic E-state index is -0.231. The first-order valence-electron chi connectivity index (χ1n) is 6.68. The number of ether oxygens (including phenoxy) is 1. The molecule has 0 radical (unpaired) electrons. The maximum absolute atomic E-state index is 6.17. The van der Waals surface area contributed by atoms with Crippen molar-refractivity contribution < 1.29 is 9.26 Å². The molecular weight excluding hydrogens is 276 g/mol. The fourth-order valence-corrected chi connectivity index (χ4v) is 3.06. The maximum atomic E-state index is 6.17. The summed E-state index contributed by atoms with van der Waals surface area (Å²) in [7, 11) is 0. The van der Waals surface area contributed by atoms with E-state index in [1.807, 2.05) is 18.4 Å². The van der Waals surface area contributed by atoms with Crippen molar-refractivity contribution in [3.63, 3.8) is 0 Å². The Kier molecular flexibility index (Phi) is 4.11. The quantitative estimate of drug-likeness (QED) is 0.919. The Bertz CT molecular complexity index is 562. The van der Waals surface area contributed by atoms with Gasteiger partial charge in [0.25, 0.3) is 5.89 Å². The first-order valence-corrected chi connectivity index (χ1v) is 7.56. The van der Waals surface area contributed by atoms with Gasteiger partial charge in [0.2, 0.25) is 0 Å². The van der Waals surface area contributed by atoms with Crippen LogP contribution in [0.3, 0.4) is 0 Å². The van der Waals surface area contributed by atoms with Crippen molar-refractivity contribution in [2.24, 2.45) is 5.73 Å². The predicted octanol–water partition coefficient (Wildman–Crippen LogP) is 1.44. The van der Waals surface area contributed by atoms with Gasteiger partial charge in [-0.2, -0.15) is 4.98 Å². The number of rotatable bonds is 4. The topological polar surface area (TPSA) is 77.4 Å². The molecule has 108 valence electrons. The van der Waals surface area contributed by atoms with Crippen LogP contribution < -0.4 is 5.73 Å². The molecule has 0 aromatic carbocycles. The van der Waals surface area contributed by atoms with E-state index in [1.165, 1.54) is 0 Å². The number of thiophene rings is 1. The molecule has 3 rings (SSSR count). The van der Waals surface area contributed by atoms with E-state index < -0.39 is 0 Å². The number of hydrogen-bond acceptors (Lipinski definition) is 7. The number of nitrogens with zero attached hydrogens (tertiary/aromatic N) is 3. The summed E-state index contributed by atoms with van der Waals surface area (Å²) in [6.45, 7) is 6.09. The lowest BCUT2D eigenvalue weighted by atomic mass is 10.2. The highest BCUT2D eigenvalue weighted by molar-refractivity contribution is 7.13. The van der Waals surface area contributed by atoms with Gasteiger partial charge in [-0.3, -0.25) is 4.90 Å². The second-order valence-electron chi connectivity index (χ2n) is 4.91. The van der Waals surface area contributed by atoms with E-state index in [2.05, 4.69) is 15.0 Å². The van der Waals surface area contributed by atoms with Crippen molar-refractivity contribution >= 4 is 11.3 Å². The van der Waals surface area contributed by atoms with Crippen LogP contribution in [-0.2, 0) is 4.74 Å². The van der Waals surface area contributed by atoms with E-state index in [4.69, 9.17) is 15.0 Å². The van der Waals surface area contributed by atoms with E-state index in [1.54, 1.807) is 11.3 Å². The Balaban J connectivity index is 1.68. The third-order valence-electron chi connectivity index (χ3n) is 3.39. The summed E-state index contributed by atoms with van der Waals surface area (Å²) in [6, 6.07) is 1.81. The second kappa shape index (κ2) is 6.01. The Morgan fingerprint density at radius 1 is 1.45 bits per heavy atom. The molecule has 0 spiro atoms. The van der Waals surface area contributed by atoms with Crippen molar-refractivity contribution in [1.82, 2.24) is 15.0 Å². The molecule has 3 heterocycles. The minimum Gasteiger partial charge on any atom is -0.379 e. The van der Waals surface area contributed by atoms with E-state index in [-0.39, 0.29) is 6.04 Å². The summed E-state index contributed by atoms with van der Waals surface area (Å²) < 4.78 is 10.6. The van der Waals surface area contributed by atoms with Gasteiger partial charge in [-0.15, -0.1) is 11.3 Å². The fourth-order valence-electron chi connectivity index (χ4n) is 2.21. The Morgan fingerprint density at radius 2 is 2.25 bits per heavy atom. The van der Waals surface area contributed by atoms with Crippen LogP contribution in [0.1, 0.15) is 17.4 Å². The van der Waals surface area contributed by atoms with Crippen LogP contribution in [0.25, 0.3) is 10.8 Å². The van der Waals surface area contributed by atoms with E-state index >= 15 is 0 Å². The molecule has 1 aliphatic heterocycles. The first-order chi connectivity index (χ1) is 9.74. The van der Waals surface area contributed by atoms with Gasteiger partial charge in [0, 0.05) is 19.6 Å². The molecule has 7 heteroatoms.